The number of phenols is 1. The van der Waals surface area contributed by atoms with Crippen LogP contribution in [0.4, 0.5) is 0 Å². The van der Waals surface area contributed by atoms with Crippen LogP contribution in [0.2, 0.25) is 0 Å². The van der Waals surface area contributed by atoms with Gasteiger partial charge in [-0.1, -0.05) is 26.0 Å². The molecule has 0 saturated carbocycles. The quantitative estimate of drug-likeness (QED) is 0.589. The smallest absolute Gasteiger partial charge is 0.339 e. The lowest BCUT2D eigenvalue weighted by molar-refractivity contribution is 0.474. The molecule has 0 unspecified atom stereocenters. The van der Waals surface area contributed by atoms with Gasteiger partial charge in [0.15, 0.2) is 0 Å². The number of sulfone groups is 1. The van der Waals surface area contributed by atoms with Crippen molar-refractivity contribution in [3.05, 3.63) is 78.4 Å². The Morgan fingerprint density at radius 1 is 0.690 bits per heavy atom. The van der Waals surface area contributed by atoms with E-state index in [2.05, 4.69) is 0 Å². The molecule has 3 rings (SSSR count). The first-order valence-electron chi connectivity index (χ1n) is 8.78. The van der Waals surface area contributed by atoms with Crippen LogP contribution in [0.3, 0.4) is 0 Å². The van der Waals surface area contributed by atoms with E-state index in [9.17, 15) is 21.9 Å². The molecule has 0 amide bonds. The van der Waals surface area contributed by atoms with Gasteiger partial charge < -0.3 is 9.29 Å². The fourth-order valence-electron chi connectivity index (χ4n) is 2.63. The molecule has 0 heterocycles. The third-order valence-electron chi connectivity index (χ3n) is 4.32. The van der Waals surface area contributed by atoms with Gasteiger partial charge in [0.05, 0.1) is 9.79 Å². The largest absolute Gasteiger partial charge is 0.508 e. The van der Waals surface area contributed by atoms with Crippen molar-refractivity contribution in [3.8, 4) is 11.5 Å². The van der Waals surface area contributed by atoms with E-state index in [0.717, 1.165) is 5.56 Å². The highest BCUT2D eigenvalue weighted by Gasteiger charge is 2.20. The Kier molecular flexibility index (Phi) is 5.68. The Balaban J connectivity index is 1.82. The minimum absolute atomic E-state index is 0.00240. The van der Waals surface area contributed by atoms with Gasteiger partial charge in [0.25, 0.3) is 0 Å². The zero-order valence-corrected chi connectivity index (χ0v) is 17.4. The molecule has 0 saturated heterocycles. The van der Waals surface area contributed by atoms with Gasteiger partial charge in [-0.05, 0) is 72.1 Å². The van der Waals surface area contributed by atoms with Gasteiger partial charge >= 0.3 is 10.1 Å². The summed E-state index contributed by atoms with van der Waals surface area (Å²) < 4.78 is 55.2. The van der Waals surface area contributed by atoms with Gasteiger partial charge in [-0.3, -0.25) is 0 Å². The zero-order valence-electron chi connectivity index (χ0n) is 15.8. The second-order valence-electron chi connectivity index (χ2n) is 6.73. The molecule has 3 aromatic carbocycles. The summed E-state index contributed by atoms with van der Waals surface area (Å²) in [6.07, 6.45) is 0. The van der Waals surface area contributed by atoms with E-state index < -0.39 is 20.0 Å². The van der Waals surface area contributed by atoms with E-state index >= 15 is 0 Å². The first kappa shape index (κ1) is 20.9. The van der Waals surface area contributed by atoms with Gasteiger partial charge in [0.2, 0.25) is 9.84 Å². The van der Waals surface area contributed by atoms with E-state index in [1.54, 1.807) is 12.1 Å². The van der Waals surface area contributed by atoms with E-state index in [4.69, 9.17) is 4.18 Å². The van der Waals surface area contributed by atoms with E-state index in [-0.39, 0.29) is 32.1 Å². The summed E-state index contributed by atoms with van der Waals surface area (Å²) in [4.78, 5) is 0.0127. The molecule has 0 aromatic heterocycles. The Morgan fingerprint density at radius 2 is 1.14 bits per heavy atom. The molecule has 1 N–H and O–H groups in total. The van der Waals surface area contributed by atoms with Gasteiger partial charge in [-0.15, -0.1) is 0 Å². The van der Waals surface area contributed by atoms with Crippen molar-refractivity contribution in [1.82, 2.24) is 0 Å². The van der Waals surface area contributed by atoms with Crippen molar-refractivity contribution >= 4 is 20.0 Å². The maximum absolute atomic E-state index is 12.6. The second kappa shape index (κ2) is 7.88. The predicted molar refractivity (Wildman–Crippen MR) is 108 cm³/mol. The maximum atomic E-state index is 12.6. The van der Waals surface area contributed by atoms with Crippen LogP contribution >= 0.6 is 0 Å². The molecule has 0 aliphatic heterocycles. The minimum atomic E-state index is -4.04. The second-order valence-corrected chi connectivity index (χ2v) is 10.2. The van der Waals surface area contributed by atoms with Crippen LogP contribution < -0.4 is 4.18 Å². The SMILES string of the molecule is CC(C)c1ccc(S(=O)(=O)Oc2ccc(S(=O)(=O)c3ccc(O)cc3)cc2)cc1. The number of hydrogen-bond acceptors (Lipinski definition) is 6. The summed E-state index contributed by atoms with van der Waals surface area (Å²) in [6, 6.07) is 16.7. The number of hydrogen-bond donors (Lipinski definition) is 1. The van der Waals surface area contributed by atoms with Crippen LogP contribution in [0.25, 0.3) is 0 Å². The number of rotatable bonds is 6. The molecule has 0 bridgehead atoms. The Hall–Kier alpha value is -2.84. The van der Waals surface area contributed by atoms with Crippen LogP contribution in [0.1, 0.15) is 25.3 Å². The van der Waals surface area contributed by atoms with Crippen LogP contribution in [-0.4, -0.2) is 21.9 Å². The third-order valence-corrected chi connectivity index (χ3v) is 7.37. The van der Waals surface area contributed by atoms with Crippen LogP contribution in [-0.2, 0) is 20.0 Å². The molecule has 0 atom stereocenters. The number of aromatic hydroxyl groups is 1. The van der Waals surface area contributed by atoms with Gasteiger partial charge in [-0.25, -0.2) is 8.42 Å². The van der Waals surface area contributed by atoms with Gasteiger partial charge in [0, 0.05) is 0 Å². The standard InChI is InChI=1S/C21H20O6S2/c1-15(2)16-3-9-21(10-4-16)29(25,26)27-18-7-13-20(14-8-18)28(23,24)19-11-5-17(22)6-12-19/h3-15,22H,1-2H3. The van der Waals surface area contributed by atoms with Crippen LogP contribution in [0.15, 0.2) is 87.5 Å². The summed E-state index contributed by atoms with van der Waals surface area (Å²) in [5.41, 5.74) is 1.01. The minimum Gasteiger partial charge on any atom is -0.508 e. The van der Waals surface area contributed by atoms with E-state index in [1.807, 2.05) is 13.8 Å². The van der Waals surface area contributed by atoms with Crippen molar-refractivity contribution in [3.63, 3.8) is 0 Å². The summed E-state index contributed by atoms with van der Waals surface area (Å²) in [5, 5.41) is 9.31. The normalized spacial score (nSPS) is 12.1. The Morgan fingerprint density at radius 3 is 1.62 bits per heavy atom. The van der Waals surface area contributed by atoms with Crippen molar-refractivity contribution < 1.29 is 26.1 Å². The summed E-state index contributed by atoms with van der Waals surface area (Å²) in [5.74, 6) is 0.234. The predicted octanol–water partition coefficient (Wildman–Crippen LogP) is 4.12. The summed E-state index contributed by atoms with van der Waals surface area (Å²) >= 11 is 0. The molecule has 8 heteroatoms. The first-order valence-corrected chi connectivity index (χ1v) is 11.7. The molecule has 152 valence electrons. The average Bonchev–Trinajstić information content (AvgIpc) is 2.68. The summed E-state index contributed by atoms with van der Waals surface area (Å²) in [6.45, 7) is 4.02. The molecule has 0 aliphatic rings. The fourth-order valence-corrected chi connectivity index (χ4v) is 4.82. The highest BCUT2D eigenvalue weighted by Crippen LogP contribution is 2.26. The highest BCUT2D eigenvalue weighted by atomic mass is 32.2. The molecule has 29 heavy (non-hydrogen) atoms. The van der Waals surface area contributed by atoms with Gasteiger partial charge in [0.1, 0.15) is 16.4 Å². The topological polar surface area (TPSA) is 97.7 Å². The molecule has 3 aromatic rings. The molecule has 0 spiro atoms. The Labute approximate surface area is 170 Å². The van der Waals surface area contributed by atoms with Crippen molar-refractivity contribution in [1.29, 1.82) is 0 Å². The summed E-state index contributed by atoms with van der Waals surface area (Å²) in [7, 11) is -7.84. The number of phenolic OH excluding ortho intramolecular Hbond substituents is 1. The maximum Gasteiger partial charge on any atom is 0.339 e. The van der Waals surface area contributed by atoms with E-state index in [0.29, 0.717) is 0 Å². The lowest BCUT2D eigenvalue weighted by atomic mass is 10.0. The lowest BCUT2D eigenvalue weighted by Gasteiger charge is -2.10. The van der Waals surface area contributed by atoms with Crippen molar-refractivity contribution in [2.24, 2.45) is 0 Å². The van der Waals surface area contributed by atoms with Crippen molar-refractivity contribution in [2.45, 2.75) is 34.5 Å². The fraction of sp³-hybridized carbons (Fsp3) is 0.143. The molecule has 0 radical (unpaired) electrons. The average molecular weight is 433 g/mol. The van der Waals surface area contributed by atoms with Crippen LogP contribution in [0, 0.1) is 0 Å². The molecular weight excluding hydrogens is 412 g/mol. The first-order chi connectivity index (χ1) is 13.6. The monoisotopic (exact) mass is 432 g/mol. The zero-order chi connectivity index (χ0) is 21.2. The molecule has 6 nitrogen and oxygen atoms in total. The molecular formula is C21H20O6S2. The number of benzene rings is 3. The Bertz CT molecular complexity index is 1190. The van der Waals surface area contributed by atoms with E-state index in [1.165, 1.54) is 60.7 Å². The van der Waals surface area contributed by atoms with Crippen LogP contribution in [0.5, 0.6) is 11.5 Å². The molecule has 0 fully saturated rings. The third kappa shape index (κ3) is 4.60. The van der Waals surface area contributed by atoms with Gasteiger partial charge in [-0.2, -0.15) is 8.42 Å². The molecule has 0 aliphatic carbocycles. The lowest BCUT2D eigenvalue weighted by Crippen LogP contribution is -2.10. The highest BCUT2D eigenvalue weighted by molar-refractivity contribution is 7.91. The van der Waals surface area contributed by atoms with Crippen molar-refractivity contribution in [2.75, 3.05) is 0 Å².